The lowest BCUT2D eigenvalue weighted by atomic mass is 10.0. The van der Waals surface area contributed by atoms with Crippen LogP contribution in [0.25, 0.3) is 11.1 Å². The zero-order valence-electron chi connectivity index (χ0n) is 19.1. The largest absolute Gasteiger partial charge is 0.368 e. The van der Waals surface area contributed by atoms with E-state index in [0.717, 1.165) is 21.6 Å². The third kappa shape index (κ3) is 6.96. The molecule has 0 aliphatic carbocycles. The Hall–Kier alpha value is -3.58. The molecule has 0 aromatic heterocycles. The Morgan fingerprint density at radius 2 is 1.56 bits per heavy atom. The summed E-state index contributed by atoms with van der Waals surface area (Å²) in [5.74, 6) is -0.0565. The standard InChI is InChI=1S/C27H29N3O3S/c1-2-16-30(26(32)23-15-9-14-22(17-23)21-12-7-4-8-13-21)27(33)29-24(25(28)31)19-34-18-20-10-5-3-6-11-20/h3-15,17,24H,2,16,18-19H2,1H3,(H2,28,31)(H,29,33)/t24-/m0/s1. The molecule has 0 heterocycles. The van der Waals surface area contributed by atoms with E-state index in [2.05, 4.69) is 5.32 Å². The monoisotopic (exact) mass is 475 g/mol. The van der Waals surface area contributed by atoms with Crippen LogP contribution in [-0.4, -0.2) is 41.1 Å². The first-order chi connectivity index (χ1) is 16.5. The fourth-order valence-electron chi connectivity index (χ4n) is 3.43. The molecule has 0 bridgehead atoms. The number of imide groups is 1. The molecular weight excluding hydrogens is 446 g/mol. The van der Waals surface area contributed by atoms with Gasteiger partial charge in [-0.25, -0.2) is 4.79 Å². The van der Waals surface area contributed by atoms with Gasteiger partial charge >= 0.3 is 6.03 Å². The van der Waals surface area contributed by atoms with Gasteiger partial charge in [0.05, 0.1) is 0 Å². The molecule has 0 saturated carbocycles. The first-order valence-corrected chi connectivity index (χ1v) is 12.3. The average molecular weight is 476 g/mol. The third-order valence-electron chi connectivity index (χ3n) is 5.19. The summed E-state index contributed by atoms with van der Waals surface area (Å²) in [7, 11) is 0. The number of urea groups is 1. The zero-order chi connectivity index (χ0) is 24.3. The third-order valence-corrected chi connectivity index (χ3v) is 6.30. The van der Waals surface area contributed by atoms with Crippen LogP contribution < -0.4 is 11.1 Å². The normalized spacial score (nSPS) is 11.4. The maximum Gasteiger partial charge on any atom is 0.325 e. The highest BCUT2D eigenvalue weighted by molar-refractivity contribution is 7.98. The number of carbonyl (C=O) groups excluding carboxylic acids is 3. The number of hydrogen-bond donors (Lipinski definition) is 2. The van der Waals surface area contributed by atoms with Gasteiger partial charge in [0.1, 0.15) is 6.04 Å². The highest BCUT2D eigenvalue weighted by Gasteiger charge is 2.26. The van der Waals surface area contributed by atoms with E-state index in [1.807, 2.05) is 73.7 Å². The SMILES string of the molecule is CCCN(C(=O)N[C@@H](CSCc1ccccc1)C(N)=O)C(=O)c1cccc(-c2ccccc2)c1. The summed E-state index contributed by atoms with van der Waals surface area (Å²) in [5.41, 5.74) is 8.92. The first-order valence-electron chi connectivity index (χ1n) is 11.2. The maximum absolute atomic E-state index is 13.3. The summed E-state index contributed by atoms with van der Waals surface area (Å²) in [6, 6.07) is 25.2. The number of benzene rings is 3. The Labute approximate surface area is 204 Å². The van der Waals surface area contributed by atoms with E-state index in [0.29, 0.717) is 23.5 Å². The highest BCUT2D eigenvalue weighted by atomic mass is 32.2. The lowest BCUT2D eigenvalue weighted by Crippen LogP contribution is -2.52. The Morgan fingerprint density at radius 1 is 0.912 bits per heavy atom. The second kappa shape index (κ2) is 12.6. The number of nitrogens with two attached hydrogens (primary N) is 1. The molecule has 0 aliphatic heterocycles. The molecule has 34 heavy (non-hydrogen) atoms. The van der Waals surface area contributed by atoms with Gasteiger partial charge in [-0.1, -0.05) is 79.7 Å². The minimum atomic E-state index is -0.885. The van der Waals surface area contributed by atoms with E-state index in [4.69, 9.17) is 5.73 Å². The summed E-state index contributed by atoms with van der Waals surface area (Å²) in [6.07, 6.45) is 0.585. The second-order valence-electron chi connectivity index (χ2n) is 7.81. The van der Waals surface area contributed by atoms with Gasteiger partial charge in [-0.15, -0.1) is 0 Å². The number of carbonyl (C=O) groups is 3. The minimum Gasteiger partial charge on any atom is -0.368 e. The van der Waals surface area contributed by atoms with Gasteiger partial charge in [0.2, 0.25) is 5.91 Å². The van der Waals surface area contributed by atoms with E-state index in [9.17, 15) is 14.4 Å². The zero-order valence-corrected chi connectivity index (χ0v) is 20.0. The van der Waals surface area contributed by atoms with Gasteiger partial charge < -0.3 is 11.1 Å². The number of primary amides is 1. The van der Waals surface area contributed by atoms with E-state index in [1.165, 1.54) is 11.8 Å². The van der Waals surface area contributed by atoms with Crippen LogP contribution >= 0.6 is 11.8 Å². The fourth-order valence-corrected chi connectivity index (χ4v) is 4.46. The van der Waals surface area contributed by atoms with Crippen LogP contribution in [0.1, 0.15) is 29.3 Å². The summed E-state index contributed by atoms with van der Waals surface area (Å²) < 4.78 is 0. The second-order valence-corrected chi connectivity index (χ2v) is 8.84. The van der Waals surface area contributed by atoms with Crippen molar-refractivity contribution in [1.82, 2.24) is 10.2 Å². The molecule has 0 spiro atoms. The topological polar surface area (TPSA) is 92.5 Å². The fraction of sp³-hybridized carbons (Fsp3) is 0.222. The summed E-state index contributed by atoms with van der Waals surface area (Å²) in [6.45, 7) is 2.11. The lowest BCUT2D eigenvalue weighted by molar-refractivity contribution is -0.119. The Morgan fingerprint density at radius 3 is 2.21 bits per heavy atom. The van der Waals surface area contributed by atoms with Crippen LogP contribution in [0.4, 0.5) is 4.79 Å². The number of rotatable bonds is 10. The van der Waals surface area contributed by atoms with Crippen molar-refractivity contribution in [1.29, 1.82) is 0 Å². The summed E-state index contributed by atoms with van der Waals surface area (Å²) in [5, 5.41) is 2.66. The van der Waals surface area contributed by atoms with Crippen LogP contribution in [0.3, 0.4) is 0 Å². The van der Waals surface area contributed by atoms with Gasteiger partial charge in [0.15, 0.2) is 0 Å². The van der Waals surface area contributed by atoms with Crippen molar-refractivity contribution in [3.8, 4) is 11.1 Å². The average Bonchev–Trinajstić information content (AvgIpc) is 2.87. The van der Waals surface area contributed by atoms with Crippen LogP contribution in [0.5, 0.6) is 0 Å². The lowest BCUT2D eigenvalue weighted by Gasteiger charge is -2.24. The van der Waals surface area contributed by atoms with Crippen LogP contribution in [0.2, 0.25) is 0 Å². The molecule has 1 atom stereocenters. The van der Waals surface area contributed by atoms with Crippen molar-refractivity contribution >= 4 is 29.6 Å². The number of nitrogens with one attached hydrogen (secondary N) is 1. The van der Waals surface area contributed by atoms with E-state index >= 15 is 0 Å². The Balaban J connectivity index is 1.69. The van der Waals surface area contributed by atoms with Crippen molar-refractivity contribution < 1.29 is 14.4 Å². The predicted octanol–water partition coefficient (Wildman–Crippen LogP) is 4.70. The maximum atomic E-state index is 13.3. The van der Waals surface area contributed by atoms with Crippen LogP contribution in [-0.2, 0) is 10.5 Å². The van der Waals surface area contributed by atoms with Crippen molar-refractivity contribution in [2.45, 2.75) is 25.1 Å². The Kier molecular flexibility index (Phi) is 9.29. The molecule has 6 nitrogen and oxygen atoms in total. The van der Waals surface area contributed by atoms with Gasteiger partial charge in [0, 0.05) is 23.6 Å². The van der Waals surface area contributed by atoms with Crippen molar-refractivity contribution in [2.75, 3.05) is 12.3 Å². The van der Waals surface area contributed by atoms with Crippen molar-refractivity contribution in [2.24, 2.45) is 5.73 Å². The molecule has 3 rings (SSSR count). The van der Waals surface area contributed by atoms with Gasteiger partial charge in [-0.2, -0.15) is 11.8 Å². The number of amides is 4. The van der Waals surface area contributed by atoms with Crippen LogP contribution in [0.15, 0.2) is 84.9 Å². The molecule has 176 valence electrons. The number of nitrogens with zero attached hydrogens (tertiary/aromatic N) is 1. The Bertz CT molecular complexity index is 1110. The van der Waals surface area contributed by atoms with E-state index in [1.54, 1.807) is 18.2 Å². The van der Waals surface area contributed by atoms with E-state index in [-0.39, 0.29) is 6.54 Å². The van der Waals surface area contributed by atoms with Gasteiger partial charge in [-0.3, -0.25) is 14.5 Å². The molecule has 4 amide bonds. The highest BCUT2D eigenvalue weighted by Crippen LogP contribution is 2.21. The molecular formula is C27H29N3O3S. The number of thioether (sulfide) groups is 1. The molecule has 3 aromatic carbocycles. The van der Waals surface area contributed by atoms with E-state index < -0.39 is 23.9 Å². The molecule has 0 radical (unpaired) electrons. The smallest absolute Gasteiger partial charge is 0.325 e. The van der Waals surface area contributed by atoms with Crippen molar-refractivity contribution in [3.63, 3.8) is 0 Å². The first kappa shape index (κ1) is 25.1. The van der Waals surface area contributed by atoms with Crippen LogP contribution in [0, 0.1) is 0 Å². The predicted molar refractivity (Wildman–Crippen MR) is 137 cm³/mol. The van der Waals surface area contributed by atoms with Gasteiger partial charge in [-0.05, 0) is 35.2 Å². The van der Waals surface area contributed by atoms with Crippen molar-refractivity contribution in [3.05, 3.63) is 96.1 Å². The summed E-state index contributed by atoms with van der Waals surface area (Å²) in [4.78, 5) is 39.4. The molecule has 3 aromatic rings. The molecule has 0 saturated heterocycles. The summed E-state index contributed by atoms with van der Waals surface area (Å²) >= 11 is 1.50. The van der Waals surface area contributed by atoms with Gasteiger partial charge in [0.25, 0.3) is 5.91 Å². The molecule has 0 aliphatic rings. The minimum absolute atomic E-state index is 0.225. The number of hydrogen-bond acceptors (Lipinski definition) is 4. The molecule has 0 fully saturated rings. The molecule has 7 heteroatoms. The molecule has 3 N–H and O–H groups in total. The molecule has 0 unspecified atom stereocenters. The quantitative estimate of drug-likeness (QED) is 0.444.